The van der Waals surface area contributed by atoms with E-state index in [1.54, 1.807) is 6.20 Å². The molecular weight excluding hydrogens is 360 g/mol. The van der Waals surface area contributed by atoms with Crippen LogP contribution in [0.2, 0.25) is 0 Å². The van der Waals surface area contributed by atoms with E-state index in [2.05, 4.69) is 53.8 Å². The fourth-order valence-electron chi connectivity index (χ4n) is 1.89. The van der Waals surface area contributed by atoms with E-state index < -0.39 is 0 Å². The molecule has 6 heteroatoms. The fourth-order valence-corrected chi connectivity index (χ4v) is 3.16. The first-order valence-electron chi connectivity index (χ1n) is 5.59. The lowest BCUT2D eigenvalue weighted by molar-refractivity contribution is 0.559. The number of hydrazine groups is 1. The summed E-state index contributed by atoms with van der Waals surface area (Å²) in [6.07, 6.45) is 3.74. The highest BCUT2D eigenvalue weighted by molar-refractivity contribution is 9.11. The Kier molecular flexibility index (Phi) is 4.55. The van der Waals surface area contributed by atoms with Gasteiger partial charge in [-0.1, -0.05) is 37.9 Å². The lowest BCUT2D eigenvalue weighted by Gasteiger charge is -2.18. The first kappa shape index (κ1) is 13.7. The van der Waals surface area contributed by atoms with Crippen LogP contribution in [0.3, 0.4) is 0 Å². The van der Waals surface area contributed by atoms with Crippen LogP contribution in [0.25, 0.3) is 0 Å². The van der Waals surface area contributed by atoms with Crippen LogP contribution < -0.4 is 11.3 Å². The van der Waals surface area contributed by atoms with Crippen molar-refractivity contribution in [2.45, 2.75) is 19.5 Å². The first-order chi connectivity index (χ1) is 8.67. The van der Waals surface area contributed by atoms with Crippen molar-refractivity contribution < 1.29 is 0 Å². The molecule has 1 heterocycles. The van der Waals surface area contributed by atoms with E-state index in [4.69, 9.17) is 5.84 Å². The summed E-state index contributed by atoms with van der Waals surface area (Å²) in [5, 5.41) is 0. The summed E-state index contributed by atoms with van der Waals surface area (Å²) in [6.45, 7) is 2.94. The minimum Gasteiger partial charge on any atom is -0.334 e. The van der Waals surface area contributed by atoms with Crippen LogP contribution in [0.4, 0.5) is 0 Å². The predicted molar refractivity (Wildman–Crippen MR) is 78.9 cm³/mol. The second-order valence-corrected chi connectivity index (χ2v) is 5.61. The zero-order valence-electron chi connectivity index (χ0n) is 9.90. The average Bonchev–Trinajstić information content (AvgIpc) is 2.81. The molecule has 0 aliphatic rings. The summed E-state index contributed by atoms with van der Waals surface area (Å²) in [6, 6.07) is 5.87. The molecule has 0 spiro atoms. The number of nitrogens with two attached hydrogens (primary N) is 1. The maximum atomic E-state index is 5.69. The number of aromatic nitrogens is 2. The second kappa shape index (κ2) is 5.97. The lowest BCUT2D eigenvalue weighted by Crippen LogP contribution is -2.31. The van der Waals surface area contributed by atoms with Crippen LogP contribution in [0.5, 0.6) is 0 Å². The molecule has 0 aliphatic carbocycles. The number of hydrogen-bond acceptors (Lipinski definition) is 3. The van der Waals surface area contributed by atoms with E-state index in [-0.39, 0.29) is 6.04 Å². The van der Waals surface area contributed by atoms with Gasteiger partial charge in [-0.25, -0.2) is 10.4 Å². The topological polar surface area (TPSA) is 55.9 Å². The molecule has 2 rings (SSSR count). The van der Waals surface area contributed by atoms with Crippen LogP contribution in [0.1, 0.15) is 24.4 Å². The molecule has 0 fully saturated rings. The van der Waals surface area contributed by atoms with Gasteiger partial charge in [0.15, 0.2) is 0 Å². The van der Waals surface area contributed by atoms with E-state index in [1.165, 1.54) is 0 Å². The quantitative estimate of drug-likeness (QED) is 0.639. The van der Waals surface area contributed by atoms with Gasteiger partial charge in [-0.2, -0.15) is 0 Å². The number of rotatable bonds is 4. The molecule has 0 bridgehead atoms. The molecule has 0 amide bonds. The van der Waals surface area contributed by atoms with Gasteiger partial charge >= 0.3 is 0 Å². The highest BCUT2D eigenvalue weighted by atomic mass is 79.9. The molecule has 1 unspecified atom stereocenters. The largest absolute Gasteiger partial charge is 0.334 e. The summed E-state index contributed by atoms with van der Waals surface area (Å²) >= 11 is 7.00. The van der Waals surface area contributed by atoms with Crippen LogP contribution in [0.15, 0.2) is 39.5 Å². The smallest absolute Gasteiger partial charge is 0.131 e. The Bertz CT molecular complexity index is 539. The molecule has 96 valence electrons. The third-order valence-electron chi connectivity index (χ3n) is 2.79. The fraction of sp³-hybridized carbons (Fsp3) is 0.250. The minimum atomic E-state index is -0.137. The number of aryl methyl sites for hydroxylation is 1. The van der Waals surface area contributed by atoms with Crippen molar-refractivity contribution in [2.24, 2.45) is 5.84 Å². The maximum absolute atomic E-state index is 5.69. The molecule has 1 atom stereocenters. The molecule has 3 N–H and O–H groups in total. The summed E-state index contributed by atoms with van der Waals surface area (Å²) in [5.74, 6) is 6.60. The van der Waals surface area contributed by atoms with Crippen molar-refractivity contribution in [3.8, 4) is 0 Å². The minimum absolute atomic E-state index is 0.137. The molecule has 4 nitrogen and oxygen atoms in total. The summed E-state index contributed by atoms with van der Waals surface area (Å²) in [4.78, 5) is 4.39. The van der Waals surface area contributed by atoms with Gasteiger partial charge in [-0.15, -0.1) is 0 Å². The van der Waals surface area contributed by atoms with Gasteiger partial charge in [0.25, 0.3) is 0 Å². The third kappa shape index (κ3) is 2.66. The number of halogens is 2. The summed E-state index contributed by atoms with van der Waals surface area (Å²) < 4.78 is 4.08. The van der Waals surface area contributed by atoms with Crippen LogP contribution in [-0.2, 0) is 6.54 Å². The number of nitrogens with zero attached hydrogens (tertiary/aromatic N) is 2. The first-order valence-corrected chi connectivity index (χ1v) is 7.18. The number of benzene rings is 1. The van der Waals surface area contributed by atoms with Crippen molar-refractivity contribution in [3.63, 3.8) is 0 Å². The molecule has 0 saturated heterocycles. The Labute approximate surface area is 123 Å². The highest BCUT2D eigenvalue weighted by Crippen LogP contribution is 2.29. The molecule has 1 aromatic heterocycles. The summed E-state index contributed by atoms with van der Waals surface area (Å²) in [7, 11) is 0. The van der Waals surface area contributed by atoms with Gasteiger partial charge in [0.05, 0.1) is 0 Å². The number of hydrogen-bond donors (Lipinski definition) is 2. The van der Waals surface area contributed by atoms with E-state index >= 15 is 0 Å². The summed E-state index contributed by atoms with van der Waals surface area (Å²) in [5.41, 5.74) is 3.88. The molecule has 0 aliphatic heterocycles. The number of nitrogens with one attached hydrogen (secondary N) is 1. The Balaban J connectivity index is 2.45. The van der Waals surface area contributed by atoms with E-state index in [0.29, 0.717) is 0 Å². The van der Waals surface area contributed by atoms with Gasteiger partial charge in [0.2, 0.25) is 0 Å². The predicted octanol–water partition coefficient (Wildman–Crippen LogP) is 2.98. The Morgan fingerprint density at radius 2 is 2.22 bits per heavy atom. The van der Waals surface area contributed by atoms with Gasteiger partial charge < -0.3 is 4.57 Å². The van der Waals surface area contributed by atoms with E-state index in [0.717, 1.165) is 26.9 Å². The Morgan fingerprint density at radius 1 is 1.44 bits per heavy atom. The second-order valence-electron chi connectivity index (χ2n) is 3.84. The van der Waals surface area contributed by atoms with E-state index in [9.17, 15) is 0 Å². The Hall–Kier alpha value is -0.690. The zero-order valence-corrected chi connectivity index (χ0v) is 13.1. The van der Waals surface area contributed by atoms with Crippen molar-refractivity contribution >= 4 is 31.9 Å². The van der Waals surface area contributed by atoms with Gasteiger partial charge in [0, 0.05) is 27.9 Å². The zero-order chi connectivity index (χ0) is 13.1. The maximum Gasteiger partial charge on any atom is 0.131 e. The van der Waals surface area contributed by atoms with Crippen LogP contribution >= 0.6 is 31.9 Å². The van der Waals surface area contributed by atoms with Gasteiger partial charge in [-0.05, 0) is 24.6 Å². The standard InChI is InChI=1S/C12H14Br2N4/c1-2-18-6-5-16-12(18)11(17-15)9-4-3-8(13)7-10(9)14/h3-7,11,17H,2,15H2,1H3. The number of imidazole rings is 1. The van der Waals surface area contributed by atoms with Gasteiger partial charge in [-0.3, -0.25) is 5.84 Å². The van der Waals surface area contributed by atoms with E-state index in [1.807, 2.05) is 24.4 Å². The van der Waals surface area contributed by atoms with Crippen molar-refractivity contribution in [2.75, 3.05) is 0 Å². The van der Waals surface area contributed by atoms with Crippen LogP contribution in [-0.4, -0.2) is 9.55 Å². The Morgan fingerprint density at radius 3 is 2.83 bits per heavy atom. The lowest BCUT2D eigenvalue weighted by atomic mass is 10.1. The molecule has 1 aromatic carbocycles. The average molecular weight is 374 g/mol. The third-order valence-corrected chi connectivity index (χ3v) is 3.97. The van der Waals surface area contributed by atoms with Crippen LogP contribution in [0, 0.1) is 0 Å². The molecular formula is C12H14Br2N4. The SMILES string of the molecule is CCn1ccnc1C(NN)c1ccc(Br)cc1Br. The normalized spacial score (nSPS) is 12.7. The van der Waals surface area contributed by atoms with Gasteiger partial charge in [0.1, 0.15) is 11.9 Å². The van der Waals surface area contributed by atoms with Crippen molar-refractivity contribution in [1.82, 2.24) is 15.0 Å². The van der Waals surface area contributed by atoms with Crippen molar-refractivity contribution in [3.05, 3.63) is 50.9 Å². The highest BCUT2D eigenvalue weighted by Gasteiger charge is 2.19. The monoisotopic (exact) mass is 372 g/mol. The van der Waals surface area contributed by atoms with Crippen molar-refractivity contribution in [1.29, 1.82) is 0 Å². The molecule has 0 radical (unpaired) electrons. The molecule has 0 saturated carbocycles. The molecule has 2 aromatic rings. The molecule has 18 heavy (non-hydrogen) atoms.